The molecule has 0 aliphatic carbocycles. The molecule has 2 aromatic rings. The third-order valence-electron chi connectivity index (χ3n) is 5.05. The summed E-state index contributed by atoms with van der Waals surface area (Å²) >= 11 is 0. The van der Waals surface area contributed by atoms with E-state index >= 15 is 0 Å². The highest BCUT2D eigenvalue weighted by molar-refractivity contribution is 5.94. The van der Waals surface area contributed by atoms with E-state index in [-0.39, 0.29) is 36.2 Å². The van der Waals surface area contributed by atoms with Crippen LogP contribution in [-0.4, -0.2) is 58.1 Å². The van der Waals surface area contributed by atoms with Crippen molar-refractivity contribution >= 4 is 23.5 Å². The van der Waals surface area contributed by atoms with Crippen molar-refractivity contribution in [1.29, 1.82) is 0 Å². The summed E-state index contributed by atoms with van der Waals surface area (Å²) in [4.78, 5) is 33.6. The third kappa shape index (κ3) is 6.75. The van der Waals surface area contributed by atoms with Crippen LogP contribution in [0.15, 0.2) is 30.5 Å². The summed E-state index contributed by atoms with van der Waals surface area (Å²) in [6.07, 6.45) is -4.22. The number of aromatic nitrogens is 2. The maximum Gasteiger partial charge on any atom is 0.573 e. The molecule has 8 nitrogen and oxygen atoms in total. The number of hydrogen-bond donors (Lipinski definition) is 2. The Bertz CT molecular complexity index is 1060. The number of alkyl halides is 5. The fraction of sp³-hybridized carbons (Fsp3) is 0.429. The molecule has 34 heavy (non-hydrogen) atoms. The summed E-state index contributed by atoms with van der Waals surface area (Å²) < 4.78 is 69.4. The molecule has 184 valence electrons. The number of carbonyl (C=O) groups is 2. The molecule has 1 fully saturated rings. The number of ether oxygens (including phenoxy) is 1. The number of piperidine rings is 1. The number of nitrogens with one attached hydrogen (secondary N) is 2. The van der Waals surface area contributed by atoms with Crippen molar-refractivity contribution in [3.05, 3.63) is 41.7 Å². The second kappa shape index (κ2) is 9.77. The third-order valence-corrected chi connectivity index (χ3v) is 5.05. The topological polar surface area (TPSA) is 96.5 Å². The molecular weight excluding hydrogens is 465 g/mol. The molecule has 1 atom stereocenters. The second-order valence-corrected chi connectivity index (χ2v) is 7.83. The number of hydrogen-bond acceptors (Lipinski definition) is 6. The second-order valence-electron chi connectivity index (χ2n) is 7.83. The van der Waals surface area contributed by atoms with E-state index in [1.54, 1.807) is 6.92 Å². The molecule has 0 bridgehead atoms. The highest BCUT2D eigenvalue weighted by atomic mass is 19.4. The van der Waals surface area contributed by atoms with Gasteiger partial charge in [0, 0.05) is 38.2 Å². The van der Waals surface area contributed by atoms with E-state index in [0.717, 1.165) is 23.2 Å². The minimum atomic E-state index is -4.88. The summed E-state index contributed by atoms with van der Waals surface area (Å²) in [5.74, 6) is -4.68. The highest BCUT2D eigenvalue weighted by Gasteiger charge is 2.42. The zero-order chi connectivity index (χ0) is 25.1. The van der Waals surface area contributed by atoms with Crippen LogP contribution in [0.4, 0.5) is 33.6 Å². The van der Waals surface area contributed by atoms with E-state index in [4.69, 9.17) is 0 Å². The Morgan fingerprint density at radius 1 is 1.24 bits per heavy atom. The fourth-order valence-corrected chi connectivity index (χ4v) is 3.46. The lowest BCUT2D eigenvalue weighted by Crippen LogP contribution is -2.55. The molecule has 0 aromatic carbocycles. The molecule has 3 rings (SSSR count). The Kier molecular flexibility index (Phi) is 7.22. The van der Waals surface area contributed by atoms with Gasteiger partial charge in [-0.1, -0.05) is 6.07 Å². The lowest BCUT2D eigenvalue weighted by molar-refractivity contribution is -0.274. The van der Waals surface area contributed by atoms with Gasteiger partial charge in [0.2, 0.25) is 5.91 Å². The molecule has 2 N–H and O–H groups in total. The van der Waals surface area contributed by atoms with Crippen LogP contribution in [0, 0.1) is 6.92 Å². The first-order valence-electron chi connectivity index (χ1n) is 10.2. The quantitative estimate of drug-likeness (QED) is 0.602. The summed E-state index contributed by atoms with van der Waals surface area (Å²) in [7, 11) is 0. The summed E-state index contributed by atoms with van der Waals surface area (Å²) in [5.41, 5.74) is 0.294. The van der Waals surface area contributed by atoms with Gasteiger partial charge in [-0.2, -0.15) is 0 Å². The number of carbonyl (C=O) groups excluding carboxylic acids is 2. The number of likely N-dealkylation sites (tertiary alicyclic amines) is 1. The average Bonchev–Trinajstić information content (AvgIpc) is 2.72. The molecule has 13 heteroatoms. The van der Waals surface area contributed by atoms with Crippen molar-refractivity contribution in [1.82, 2.24) is 20.2 Å². The fourth-order valence-electron chi connectivity index (χ4n) is 3.46. The standard InChI is InChI=1S/C21H22F5N5O3/c1-12-3-4-16(29-17-9-15(6-8-27-17)34-21(24,25)26)30-18(12)19(33)31-11-20(22,23)7-5-14(31)10-28-13(2)32/h3-4,6,8-9,14H,5,7,10-11H2,1-2H3,(H,28,32)(H,27,29,30)/t14-/m1/s1. The Balaban J connectivity index is 1.83. The molecule has 1 aliphatic heterocycles. The minimum Gasteiger partial charge on any atom is -0.406 e. The number of halogens is 5. The van der Waals surface area contributed by atoms with Crippen LogP contribution in [0.3, 0.4) is 0 Å². The zero-order valence-corrected chi connectivity index (χ0v) is 18.2. The van der Waals surface area contributed by atoms with E-state index in [0.29, 0.717) is 5.56 Å². The molecule has 1 saturated heterocycles. The van der Waals surface area contributed by atoms with Crippen molar-refractivity contribution in [2.45, 2.75) is 45.0 Å². The SMILES string of the molecule is CC(=O)NC[C@H]1CCC(F)(F)CN1C(=O)c1nc(Nc2cc(OC(F)(F)F)ccn2)ccc1C. The number of rotatable bonds is 6. The van der Waals surface area contributed by atoms with E-state index in [1.807, 2.05) is 0 Å². The number of nitrogens with zero attached hydrogens (tertiary/aromatic N) is 3. The van der Waals surface area contributed by atoms with Gasteiger partial charge < -0.3 is 20.3 Å². The monoisotopic (exact) mass is 487 g/mol. The molecule has 3 heterocycles. The van der Waals surface area contributed by atoms with Gasteiger partial charge in [0.25, 0.3) is 11.8 Å². The molecule has 1 aliphatic rings. The van der Waals surface area contributed by atoms with E-state index in [9.17, 15) is 31.5 Å². The number of pyridine rings is 2. The molecule has 0 unspecified atom stereocenters. The van der Waals surface area contributed by atoms with Crippen LogP contribution < -0.4 is 15.4 Å². The van der Waals surface area contributed by atoms with Crippen molar-refractivity contribution in [2.24, 2.45) is 0 Å². The molecule has 0 radical (unpaired) electrons. The van der Waals surface area contributed by atoms with E-state index in [2.05, 4.69) is 25.3 Å². The van der Waals surface area contributed by atoms with Gasteiger partial charge in [-0.3, -0.25) is 9.59 Å². The van der Waals surface area contributed by atoms with Gasteiger partial charge in [0.05, 0.1) is 6.54 Å². The molecule has 0 saturated carbocycles. The van der Waals surface area contributed by atoms with Crippen LogP contribution in [0.1, 0.15) is 35.8 Å². The average molecular weight is 487 g/mol. The van der Waals surface area contributed by atoms with Crippen LogP contribution in [0.2, 0.25) is 0 Å². The zero-order valence-electron chi connectivity index (χ0n) is 18.2. The molecule has 2 amide bonds. The lowest BCUT2D eigenvalue weighted by atomic mass is 9.98. The van der Waals surface area contributed by atoms with Crippen LogP contribution >= 0.6 is 0 Å². The number of anilines is 2. The Morgan fingerprint density at radius 3 is 2.65 bits per heavy atom. The van der Waals surface area contributed by atoms with E-state index < -0.39 is 42.9 Å². The normalized spacial score (nSPS) is 17.7. The summed E-state index contributed by atoms with van der Waals surface area (Å²) in [6, 6.07) is 4.34. The molecular formula is C21H22F5N5O3. The summed E-state index contributed by atoms with van der Waals surface area (Å²) in [6.45, 7) is 2.05. The predicted octanol–water partition coefficient (Wildman–Crippen LogP) is 3.80. The van der Waals surface area contributed by atoms with E-state index in [1.165, 1.54) is 19.1 Å². The van der Waals surface area contributed by atoms with Gasteiger partial charge in [0.1, 0.15) is 23.1 Å². The molecule has 2 aromatic heterocycles. The van der Waals surface area contributed by atoms with Gasteiger partial charge >= 0.3 is 6.36 Å². The minimum absolute atomic E-state index is 0.00801. The number of amides is 2. The first-order chi connectivity index (χ1) is 15.8. The predicted molar refractivity (Wildman–Crippen MR) is 111 cm³/mol. The van der Waals surface area contributed by atoms with Crippen molar-refractivity contribution < 1.29 is 36.3 Å². The van der Waals surface area contributed by atoms with Crippen LogP contribution in [0.5, 0.6) is 5.75 Å². The smallest absolute Gasteiger partial charge is 0.406 e. The largest absolute Gasteiger partial charge is 0.573 e. The maximum absolute atomic E-state index is 14.1. The molecule has 0 spiro atoms. The van der Waals surface area contributed by atoms with Crippen molar-refractivity contribution in [3.63, 3.8) is 0 Å². The van der Waals surface area contributed by atoms with Gasteiger partial charge in [-0.05, 0) is 31.0 Å². The van der Waals surface area contributed by atoms with Crippen LogP contribution in [0.25, 0.3) is 0 Å². The first kappa shape index (κ1) is 25.1. The van der Waals surface area contributed by atoms with Gasteiger partial charge in [-0.15, -0.1) is 13.2 Å². The van der Waals surface area contributed by atoms with Crippen molar-refractivity contribution in [2.75, 3.05) is 18.4 Å². The number of aryl methyl sites for hydroxylation is 1. The Labute approximate surface area is 191 Å². The highest BCUT2D eigenvalue weighted by Crippen LogP contribution is 2.32. The van der Waals surface area contributed by atoms with Crippen LogP contribution in [-0.2, 0) is 4.79 Å². The van der Waals surface area contributed by atoms with Crippen molar-refractivity contribution in [3.8, 4) is 5.75 Å². The Morgan fingerprint density at radius 2 is 1.97 bits per heavy atom. The lowest BCUT2D eigenvalue weighted by Gasteiger charge is -2.39. The first-order valence-corrected chi connectivity index (χ1v) is 10.2. The maximum atomic E-state index is 14.1. The summed E-state index contributed by atoms with van der Waals surface area (Å²) in [5, 5.41) is 5.23. The van der Waals surface area contributed by atoms with Gasteiger partial charge in [0.15, 0.2) is 0 Å². The van der Waals surface area contributed by atoms with Gasteiger partial charge in [-0.25, -0.2) is 18.7 Å². The Hall–Kier alpha value is -3.51.